The van der Waals surface area contributed by atoms with Gasteiger partial charge in [-0.1, -0.05) is 13.8 Å². The van der Waals surface area contributed by atoms with Crippen LogP contribution in [0.25, 0.3) is 0 Å². The van der Waals surface area contributed by atoms with Gasteiger partial charge in [-0.15, -0.1) is 0 Å². The number of carboxylic acid groups (broad SMARTS) is 1. The average Bonchev–Trinajstić information content (AvgIpc) is 2.49. The molecule has 0 spiro atoms. The number of carbonyl (C=O) groups is 3. The number of carbonyl (C=O) groups excluding carboxylic acids is 2. The molecular weight excluding hydrogens is 305 g/mol. The second-order valence-corrected chi connectivity index (χ2v) is 5.40. The van der Waals surface area contributed by atoms with Crippen molar-refractivity contribution in [2.75, 3.05) is 7.11 Å². The van der Waals surface area contributed by atoms with Crippen molar-refractivity contribution >= 4 is 17.7 Å². The molecule has 0 saturated heterocycles. The number of amides is 1. The molecule has 6 nitrogen and oxygen atoms in total. The molecule has 0 aliphatic carbocycles. The SMILES string of the molecule is COc1ccc(C(=O)CCC(=O)NC(C(=O)O)C(C)C)cc1F. The highest BCUT2D eigenvalue weighted by atomic mass is 19.1. The number of methoxy groups -OCH3 is 1. The summed E-state index contributed by atoms with van der Waals surface area (Å²) >= 11 is 0. The largest absolute Gasteiger partial charge is 0.494 e. The van der Waals surface area contributed by atoms with Gasteiger partial charge in [0.1, 0.15) is 6.04 Å². The average molecular weight is 325 g/mol. The Morgan fingerprint density at radius 3 is 2.39 bits per heavy atom. The first-order valence-electron chi connectivity index (χ1n) is 7.15. The molecule has 1 aromatic rings. The summed E-state index contributed by atoms with van der Waals surface area (Å²) in [5.74, 6) is -2.97. The van der Waals surface area contributed by atoms with Crippen LogP contribution >= 0.6 is 0 Å². The first-order chi connectivity index (χ1) is 10.8. The predicted octanol–water partition coefficient (Wildman–Crippen LogP) is 2.02. The number of hydrogen-bond donors (Lipinski definition) is 2. The maximum atomic E-state index is 13.5. The van der Waals surface area contributed by atoms with E-state index < -0.39 is 29.5 Å². The van der Waals surface area contributed by atoms with Crippen LogP contribution in [0.4, 0.5) is 4.39 Å². The first-order valence-corrected chi connectivity index (χ1v) is 7.15. The van der Waals surface area contributed by atoms with Crippen LogP contribution in [0.1, 0.15) is 37.0 Å². The van der Waals surface area contributed by atoms with Crippen LogP contribution in [0.2, 0.25) is 0 Å². The highest BCUT2D eigenvalue weighted by Crippen LogP contribution is 2.18. The van der Waals surface area contributed by atoms with E-state index in [1.807, 2.05) is 0 Å². The van der Waals surface area contributed by atoms with Crippen LogP contribution in [0.5, 0.6) is 5.75 Å². The van der Waals surface area contributed by atoms with Gasteiger partial charge in [0.2, 0.25) is 5.91 Å². The number of carboxylic acids is 1. The predicted molar refractivity (Wildman–Crippen MR) is 80.9 cm³/mol. The van der Waals surface area contributed by atoms with Gasteiger partial charge in [0.25, 0.3) is 0 Å². The lowest BCUT2D eigenvalue weighted by Gasteiger charge is -2.17. The molecule has 0 saturated carbocycles. The molecule has 1 unspecified atom stereocenters. The molecule has 1 amide bonds. The van der Waals surface area contributed by atoms with Gasteiger partial charge in [-0.2, -0.15) is 0 Å². The smallest absolute Gasteiger partial charge is 0.326 e. The quantitative estimate of drug-likeness (QED) is 0.713. The molecule has 0 fully saturated rings. The summed E-state index contributed by atoms with van der Waals surface area (Å²) in [6.45, 7) is 3.34. The highest BCUT2D eigenvalue weighted by Gasteiger charge is 2.23. The molecule has 23 heavy (non-hydrogen) atoms. The van der Waals surface area contributed by atoms with Crippen molar-refractivity contribution in [1.82, 2.24) is 5.32 Å². The molecule has 2 N–H and O–H groups in total. The van der Waals surface area contributed by atoms with Crippen LogP contribution in [0.15, 0.2) is 18.2 Å². The van der Waals surface area contributed by atoms with Gasteiger partial charge in [-0.05, 0) is 24.1 Å². The van der Waals surface area contributed by atoms with E-state index in [0.717, 1.165) is 6.07 Å². The minimum absolute atomic E-state index is 0.0283. The van der Waals surface area contributed by atoms with Crippen LogP contribution in [0, 0.1) is 11.7 Å². The Morgan fingerprint density at radius 2 is 1.91 bits per heavy atom. The van der Waals surface area contributed by atoms with Crippen LogP contribution < -0.4 is 10.1 Å². The van der Waals surface area contributed by atoms with E-state index in [1.165, 1.54) is 19.2 Å². The Labute approximate surface area is 133 Å². The molecule has 1 aromatic carbocycles. The van der Waals surface area contributed by atoms with Crippen molar-refractivity contribution in [2.24, 2.45) is 5.92 Å². The Morgan fingerprint density at radius 1 is 1.26 bits per heavy atom. The molecule has 0 heterocycles. The summed E-state index contributed by atoms with van der Waals surface area (Å²) in [7, 11) is 1.32. The molecule has 0 aromatic heterocycles. The number of hydrogen-bond acceptors (Lipinski definition) is 4. The minimum Gasteiger partial charge on any atom is -0.494 e. The summed E-state index contributed by atoms with van der Waals surface area (Å²) in [5, 5.41) is 11.4. The Balaban J connectivity index is 2.60. The zero-order chi connectivity index (χ0) is 17.6. The number of halogens is 1. The molecule has 0 aliphatic rings. The third-order valence-corrected chi connectivity index (χ3v) is 3.30. The summed E-state index contributed by atoms with van der Waals surface area (Å²) in [6, 6.07) is 2.79. The summed E-state index contributed by atoms with van der Waals surface area (Å²) in [4.78, 5) is 34.7. The number of ether oxygens (including phenoxy) is 1. The Kier molecular flexibility index (Phi) is 6.68. The fourth-order valence-electron chi connectivity index (χ4n) is 1.97. The monoisotopic (exact) mass is 325 g/mol. The summed E-state index contributed by atoms with van der Waals surface area (Å²) < 4.78 is 18.3. The van der Waals surface area contributed by atoms with Crippen molar-refractivity contribution in [3.63, 3.8) is 0 Å². The van der Waals surface area contributed by atoms with Crippen molar-refractivity contribution in [3.05, 3.63) is 29.6 Å². The molecule has 0 bridgehead atoms. The lowest BCUT2D eigenvalue weighted by molar-refractivity contribution is -0.143. The molecule has 1 rings (SSSR count). The molecular formula is C16H20FNO5. The number of Topliss-reactive ketones (excluding diaryl/α,β-unsaturated/α-hetero) is 1. The standard InChI is InChI=1S/C16H20FNO5/c1-9(2)15(16(21)22)18-14(20)7-5-12(19)10-4-6-13(23-3)11(17)8-10/h4,6,8-9,15H,5,7H2,1-3H3,(H,18,20)(H,21,22). The molecule has 0 radical (unpaired) electrons. The maximum absolute atomic E-state index is 13.5. The number of nitrogens with one attached hydrogen (secondary N) is 1. The second-order valence-electron chi connectivity index (χ2n) is 5.40. The lowest BCUT2D eigenvalue weighted by atomic mass is 10.0. The number of ketones is 1. The van der Waals surface area contributed by atoms with Gasteiger partial charge in [0.15, 0.2) is 17.3 Å². The van der Waals surface area contributed by atoms with Crippen LogP contribution in [-0.2, 0) is 9.59 Å². The number of rotatable bonds is 8. The van der Waals surface area contributed by atoms with Gasteiger partial charge in [0.05, 0.1) is 7.11 Å². The highest BCUT2D eigenvalue weighted by molar-refractivity contribution is 5.98. The van der Waals surface area contributed by atoms with E-state index in [9.17, 15) is 18.8 Å². The first kappa shape index (κ1) is 18.6. The van der Waals surface area contributed by atoms with E-state index in [0.29, 0.717) is 0 Å². The third kappa shape index (κ3) is 5.36. The zero-order valence-electron chi connectivity index (χ0n) is 13.3. The van der Waals surface area contributed by atoms with Gasteiger partial charge in [-0.25, -0.2) is 9.18 Å². The van der Waals surface area contributed by atoms with Gasteiger partial charge in [-0.3, -0.25) is 9.59 Å². The third-order valence-electron chi connectivity index (χ3n) is 3.30. The number of benzene rings is 1. The van der Waals surface area contributed by atoms with Crippen molar-refractivity contribution < 1.29 is 28.6 Å². The second kappa shape index (κ2) is 8.26. The van der Waals surface area contributed by atoms with Gasteiger partial charge >= 0.3 is 5.97 Å². The normalized spacial score (nSPS) is 11.9. The van der Waals surface area contributed by atoms with Crippen LogP contribution in [-0.4, -0.2) is 35.9 Å². The van der Waals surface area contributed by atoms with E-state index >= 15 is 0 Å². The Hall–Kier alpha value is -2.44. The van der Waals surface area contributed by atoms with Gasteiger partial charge < -0.3 is 15.2 Å². The summed E-state index contributed by atoms with van der Waals surface area (Å²) in [5.41, 5.74) is 0.134. The minimum atomic E-state index is -1.13. The van der Waals surface area contributed by atoms with E-state index in [-0.39, 0.29) is 30.1 Å². The van der Waals surface area contributed by atoms with Gasteiger partial charge in [0, 0.05) is 18.4 Å². The van der Waals surface area contributed by atoms with E-state index in [4.69, 9.17) is 9.84 Å². The molecule has 7 heteroatoms. The van der Waals surface area contributed by atoms with Crippen LogP contribution in [0.3, 0.4) is 0 Å². The Bertz CT molecular complexity index is 600. The van der Waals surface area contributed by atoms with Crippen molar-refractivity contribution in [2.45, 2.75) is 32.7 Å². The number of aliphatic carboxylic acids is 1. The van der Waals surface area contributed by atoms with Crippen molar-refractivity contribution in [1.29, 1.82) is 0 Å². The zero-order valence-corrected chi connectivity index (χ0v) is 13.3. The fourth-order valence-corrected chi connectivity index (χ4v) is 1.97. The summed E-state index contributed by atoms with van der Waals surface area (Å²) in [6.07, 6.45) is -0.301. The van der Waals surface area contributed by atoms with E-state index in [2.05, 4.69) is 5.32 Å². The molecule has 126 valence electrons. The molecule has 0 aliphatic heterocycles. The van der Waals surface area contributed by atoms with E-state index in [1.54, 1.807) is 13.8 Å². The maximum Gasteiger partial charge on any atom is 0.326 e. The fraction of sp³-hybridized carbons (Fsp3) is 0.438. The van der Waals surface area contributed by atoms with Crippen molar-refractivity contribution in [3.8, 4) is 5.75 Å². The lowest BCUT2D eigenvalue weighted by Crippen LogP contribution is -2.44. The molecule has 1 atom stereocenters. The topological polar surface area (TPSA) is 92.7 Å².